The second-order valence-corrected chi connectivity index (χ2v) is 8.63. The molecule has 6 nitrogen and oxygen atoms in total. The lowest BCUT2D eigenvalue weighted by Gasteiger charge is -2.20. The van der Waals surface area contributed by atoms with Gasteiger partial charge in [-0.1, -0.05) is 30.3 Å². The van der Waals surface area contributed by atoms with Gasteiger partial charge in [-0.25, -0.2) is 12.7 Å². The van der Waals surface area contributed by atoms with E-state index in [1.807, 2.05) is 43.3 Å². The van der Waals surface area contributed by atoms with Crippen LogP contribution in [0.25, 0.3) is 10.8 Å². The Balaban J connectivity index is 1.95. The van der Waals surface area contributed by atoms with E-state index in [1.165, 1.54) is 10.5 Å². The van der Waals surface area contributed by atoms with Crippen molar-refractivity contribution in [3.8, 4) is 0 Å². The summed E-state index contributed by atoms with van der Waals surface area (Å²) in [5.41, 5.74) is 1.50. The molecule has 0 atom stereocenters. The highest BCUT2D eigenvalue weighted by Crippen LogP contribution is 2.31. The van der Waals surface area contributed by atoms with Crippen LogP contribution in [0.2, 0.25) is 0 Å². The summed E-state index contributed by atoms with van der Waals surface area (Å²) < 4.78 is 28.4. The summed E-state index contributed by atoms with van der Waals surface area (Å²) in [6, 6.07) is 16.1. The maximum Gasteiger partial charge on any atom is 0.243 e. The van der Waals surface area contributed by atoms with E-state index in [4.69, 9.17) is 0 Å². The SMILES string of the molecule is CN(C)c1cccc2c(S(=O)(=O)N(C)CCc3cccc[n+]3[O-])cccc12. The summed E-state index contributed by atoms with van der Waals surface area (Å²) in [7, 11) is 1.72. The first kappa shape index (κ1) is 19.1. The highest BCUT2D eigenvalue weighted by atomic mass is 32.2. The number of hydrogen-bond donors (Lipinski definition) is 0. The van der Waals surface area contributed by atoms with Crippen molar-refractivity contribution < 1.29 is 13.1 Å². The van der Waals surface area contributed by atoms with E-state index < -0.39 is 10.0 Å². The van der Waals surface area contributed by atoms with Crippen LogP contribution in [0.4, 0.5) is 5.69 Å². The minimum atomic E-state index is -3.69. The van der Waals surface area contributed by atoms with Gasteiger partial charge < -0.3 is 10.1 Å². The van der Waals surface area contributed by atoms with E-state index in [9.17, 15) is 13.6 Å². The molecule has 0 bridgehead atoms. The Morgan fingerprint density at radius 2 is 1.63 bits per heavy atom. The van der Waals surface area contributed by atoms with Crippen molar-refractivity contribution in [2.24, 2.45) is 0 Å². The average Bonchev–Trinajstić information content (AvgIpc) is 2.65. The van der Waals surface area contributed by atoms with Crippen LogP contribution in [0, 0.1) is 5.21 Å². The van der Waals surface area contributed by atoms with Crippen molar-refractivity contribution in [3.05, 3.63) is 71.7 Å². The zero-order valence-corrected chi connectivity index (χ0v) is 16.5. The monoisotopic (exact) mass is 385 g/mol. The maximum atomic E-state index is 13.2. The highest BCUT2D eigenvalue weighted by molar-refractivity contribution is 7.89. The molecule has 27 heavy (non-hydrogen) atoms. The van der Waals surface area contributed by atoms with Gasteiger partial charge in [-0.15, -0.1) is 0 Å². The molecular formula is C20H23N3O3S. The third kappa shape index (κ3) is 3.74. The fourth-order valence-electron chi connectivity index (χ4n) is 3.10. The van der Waals surface area contributed by atoms with Gasteiger partial charge in [-0.3, -0.25) is 0 Å². The number of fused-ring (bicyclic) bond motifs is 1. The van der Waals surface area contributed by atoms with Gasteiger partial charge in [0.1, 0.15) is 0 Å². The summed E-state index contributed by atoms with van der Waals surface area (Å²) in [5.74, 6) is 0. The summed E-state index contributed by atoms with van der Waals surface area (Å²) in [4.78, 5) is 2.24. The molecule has 0 amide bonds. The van der Waals surface area contributed by atoms with Crippen LogP contribution in [-0.4, -0.2) is 40.4 Å². The first-order chi connectivity index (χ1) is 12.8. The molecule has 0 radical (unpaired) electrons. The van der Waals surface area contributed by atoms with Gasteiger partial charge >= 0.3 is 0 Å². The Kier molecular flexibility index (Phi) is 5.34. The van der Waals surface area contributed by atoms with Crippen LogP contribution in [0.15, 0.2) is 65.7 Å². The fraction of sp³-hybridized carbons (Fsp3) is 0.250. The molecule has 0 aliphatic carbocycles. The number of benzene rings is 2. The van der Waals surface area contributed by atoms with Crippen LogP contribution in [0.1, 0.15) is 5.69 Å². The Hall–Kier alpha value is -2.64. The molecule has 0 spiro atoms. The molecule has 3 rings (SSSR count). The first-order valence-corrected chi connectivity index (χ1v) is 10.1. The Morgan fingerprint density at radius 3 is 2.33 bits per heavy atom. The van der Waals surface area contributed by atoms with Crippen LogP contribution in [0.3, 0.4) is 0 Å². The number of rotatable bonds is 6. The van der Waals surface area contributed by atoms with Crippen molar-refractivity contribution in [3.63, 3.8) is 0 Å². The van der Waals surface area contributed by atoms with Gasteiger partial charge in [0, 0.05) is 62.7 Å². The predicted octanol–water partition coefficient (Wildman–Crippen LogP) is 2.40. The number of anilines is 1. The molecule has 0 unspecified atom stereocenters. The predicted molar refractivity (Wildman–Crippen MR) is 107 cm³/mol. The summed E-state index contributed by atoms with van der Waals surface area (Å²) in [6.07, 6.45) is 1.76. The van der Waals surface area contributed by atoms with Crippen LogP contribution in [0.5, 0.6) is 0 Å². The van der Waals surface area contributed by atoms with Gasteiger partial charge in [0.25, 0.3) is 0 Å². The van der Waals surface area contributed by atoms with Crippen molar-refractivity contribution in [1.29, 1.82) is 0 Å². The largest absolute Gasteiger partial charge is 0.619 e. The third-order valence-electron chi connectivity index (χ3n) is 4.62. The van der Waals surface area contributed by atoms with Gasteiger partial charge in [0.05, 0.1) is 4.90 Å². The van der Waals surface area contributed by atoms with E-state index in [1.54, 1.807) is 37.4 Å². The molecule has 3 aromatic rings. The highest BCUT2D eigenvalue weighted by Gasteiger charge is 2.24. The number of sulfonamides is 1. The van der Waals surface area contributed by atoms with E-state index >= 15 is 0 Å². The first-order valence-electron chi connectivity index (χ1n) is 8.65. The molecule has 0 saturated heterocycles. The lowest BCUT2D eigenvalue weighted by atomic mass is 10.1. The minimum Gasteiger partial charge on any atom is -0.619 e. The molecular weight excluding hydrogens is 362 g/mol. The number of aromatic nitrogens is 1. The molecule has 1 aromatic heterocycles. The Morgan fingerprint density at radius 1 is 0.926 bits per heavy atom. The molecule has 1 heterocycles. The summed E-state index contributed by atoms with van der Waals surface area (Å²) in [6.45, 7) is 0.221. The van der Waals surface area contributed by atoms with Crippen molar-refractivity contribution >= 4 is 26.5 Å². The molecule has 0 fully saturated rings. The zero-order chi connectivity index (χ0) is 19.6. The Labute approximate surface area is 159 Å². The van der Waals surface area contributed by atoms with Crippen LogP contribution in [-0.2, 0) is 16.4 Å². The van der Waals surface area contributed by atoms with Crippen LogP contribution >= 0.6 is 0 Å². The molecule has 7 heteroatoms. The number of nitrogens with zero attached hydrogens (tertiary/aromatic N) is 3. The normalized spacial score (nSPS) is 11.9. The molecule has 0 aliphatic rings. The summed E-state index contributed by atoms with van der Waals surface area (Å²) in [5, 5.41) is 13.3. The minimum absolute atomic E-state index is 0.221. The van der Waals surface area contributed by atoms with Gasteiger partial charge in [-0.2, -0.15) is 4.73 Å². The topological polar surface area (TPSA) is 67.6 Å². The van der Waals surface area contributed by atoms with Crippen LogP contribution < -0.4 is 9.63 Å². The van der Waals surface area contributed by atoms with Crippen molar-refractivity contribution in [2.75, 3.05) is 32.6 Å². The Bertz CT molecular complexity index is 1070. The van der Waals surface area contributed by atoms with E-state index in [2.05, 4.69) is 0 Å². The molecule has 0 aliphatic heterocycles. The zero-order valence-electron chi connectivity index (χ0n) is 15.7. The van der Waals surface area contributed by atoms with Gasteiger partial charge in [-0.05, 0) is 12.1 Å². The van der Waals surface area contributed by atoms with Crippen molar-refractivity contribution in [1.82, 2.24) is 4.31 Å². The molecule has 2 aromatic carbocycles. The molecule has 0 saturated carbocycles. The second kappa shape index (κ2) is 7.54. The smallest absolute Gasteiger partial charge is 0.243 e. The summed E-state index contributed by atoms with van der Waals surface area (Å²) >= 11 is 0. The maximum absolute atomic E-state index is 13.2. The molecule has 142 valence electrons. The standard InChI is InChI=1S/C20H23N3O3S/c1-21(2)19-11-6-10-18-17(19)9-7-12-20(18)27(25,26)22(3)15-13-16-8-4-5-14-23(16)24/h4-12,14H,13,15H2,1-3H3. The lowest BCUT2D eigenvalue weighted by molar-refractivity contribution is -0.614. The fourth-order valence-corrected chi connectivity index (χ4v) is 4.47. The van der Waals surface area contributed by atoms with Gasteiger partial charge in [0.15, 0.2) is 11.9 Å². The third-order valence-corrected chi connectivity index (χ3v) is 6.53. The average molecular weight is 385 g/mol. The second-order valence-electron chi connectivity index (χ2n) is 6.62. The quantitative estimate of drug-likeness (QED) is 0.483. The van der Waals surface area contributed by atoms with E-state index in [0.29, 0.717) is 17.5 Å². The number of likely N-dealkylation sites (N-methyl/N-ethyl adjacent to an activating group) is 1. The van der Waals surface area contributed by atoms with E-state index in [-0.39, 0.29) is 11.4 Å². The number of pyridine rings is 1. The van der Waals surface area contributed by atoms with E-state index in [0.717, 1.165) is 15.8 Å². The molecule has 0 N–H and O–H groups in total. The van der Waals surface area contributed by atoms with Crippen molar-refractivity contribution in [2.45, 2.75) is 11.3 Å². The number of hydrogen-bond acceptors (Lipinski definition) is 4. The lowest BCUT2D eigenvalue weighted by Crippen LogP contribution is -2.35. The van der Waals surface area contributed by atoms with Gasteiger partial charge in [0.2, 0.25) is 10.0 Å².